The van der Waals surface area contributed by atoms with Gasteiger partial charge in [-0.2, -0.15) is 0 Å². The Morgan fingerprint density at radius 3 is 2.55 bits per heavy atom. The highest BCUT2D eigenvalue weighted by Gasteiger charge is 2.09. The lowest BCUT2D eigenvalue weighted by Crippen LogP contribution is -2.38. The van der Waals surface area contributed by atoms with Crippen LogP contribution in [0.4, 0.5) is 10.5 Å². The van der Waals surface area contributed by atoms with E-state index in [1.165, 1.54) is 11.1 Å². The maximum absolute atomic E-state index is 12.0. The number of benzene rings is 2. The standard InChI is InChI=1S/C17H20N2O/c1-14-7-6-8-15(13-14)11-12-18-17(20)19(2)16-9-4-3-5-10-16/h3-10,13H,11-12H2,1-2H3,(H,18,20). The molecule has 0 saturated heterocycles. The zero-order valence-corrected chi connectivity index (χ0v) is 12.0. The molecule has 0 aliphatic heterocycles. The Hall–Kier alpha value is -2.29. The van der Waals surface area contributed by atoms with Crippen LogP contribution in [0.25, 0.3) is 0 Å². The third-order valence-electron chi connectivity index (χ3n) is 3.22. The summed E-state index contributed by atoms with van der Waals surface area (Å²) in [5, 5.41) is 2.94. The first-order valence-corrected chi connectivity index (χ1v) is 6.79. The molecule has 0 aliphatic carbocycles. The van der Waals surface area contributed by atoms with Crippen LogP contribution < -0.4 is 10.2 Å². The van der Waals surface area contributed by atoms with E-state index in [-0.39, 0.29) is 6.03 Å². The van der Waals surface area contributed by atoms with E-state index in [0.29, 0.717) is 6.54 Å². The molecule has 0 atom stereocenters. The van der Waals surface area contributed by atoms with Gasteiger partial charge in [0.1, 0.15) is 0 Å². The average Bonchev–Trinajstić information content (AvgIpc) is 2.47. The van der Waals surface area contributed by atoms with Crippen LogP contribution in [-0.4, -0.2) is 19.6 Å². The number of para-hydroxylation sites is 1. The van der Waals surface area contributed by atoms with E-state index in [9.17, 15) is 4.79 Å². The number of nitrogens with one attached hydrogen (secondary N) is 1. The number of carbonyl (C=O) groups is 1. The van der Waals surface area contributed by atoms with Gasteiger partial charge in [0, 0.05) is 19.3 Å². The van der Waals surface area contributed by atoms with Crippen LogP contribution in [0.2, 0.25) is 0 Å². The third-order valence-corrected chi connectivity index (χ3v) is 3.22. The number of rotatable bonds is 4. The molecule has 3 nitrogen and oxygen atoms in total. The Morgan fingerprint density at radius 1 is 1.10 bits per heavy atom. The lowest BCUT2D eigenvalue weighted by atomic mass is 10.1. The van der Waals surface area contributed by atoms with Crippen LogP contribution in [0.15, 0.2) is 54.6 Å². The Balaban J connectivity index is 1.83. The van der Waals surface area contributed by atoms with Gasteiger partial charge in [-0.3, -0.25) is 4.90 Å². The zero-order valence-electron chi connectivity index (χ0n) is 12.0. The van der Waals surface area contributed by atoms with Gasteiger partial charge in [-0.1, -0.05) is 48.0 Å². The highest BCUT2D eigenvalue weighted by molar-refractivity contribution is 5.91. The van der Waals surface area contributed by atoms with E-state index in [2.05, 4.69) is 30.4 Å². The summed E-state index contributed by atoms with van der Waals surface area (Å²) in [5.41, 5.74) is 3.38. The molecule has 104 valence electrons. The monoisotopic (exact) mass is 268 g/mol. The molecule has 1 N–H and O–H groups in total. The molecule has 0 heterocycles. The van der Waals surface area contributed by atoms with Gasteiger partial charge in [0.2, 0.25) is 0 Å². The van der Waals surface area contributed by atoms with Gasteiger partial charge in [0.05, 0.1) is 0 Å². The predicted octanol–water partition coefficient (Wildman–Crippen LogP) is 3.38. The summed E-state index contributed by atoms with van der Waals surface area (Å²) in [6, 6.07) is 17.9. The quantitative estimate of drug-likeness (QED) is 0.905. The van der Waals surface area contributed by atoms with E-state index in [1.54, 1.807) is 11.9 Å². The van der Waals surface area contributed by atoms with Crippen LogP contribution in [0, 0.1) is 6.92 Å². The van der Waals surface area contributed by atoms with Crippen molar-refractivity contribution in [3.05, 3.63) is 65.7 Å². The molecule has 2 amide bonds. The van der Waals surface area contributed by atoms with Crippen molar-refractivity contribution in [3.63, 3.8) is 0 Å². The topological polar surface area (TPSA) is 32.3 Å². The minimum atomic E-state index is -0.0798. The molecule has 3 heteroatoms. The molecule has 2 rings (SSSR count). The van der Waals surface area contributed by atoms with Crippen LogP contribution in [0.3, 0.4) is 0 Å². The summed E-state index contributed by atoms with van der Waals surface area (Å²) < 4.78 is 0. The molecule has 0 fully saturated rings. The van der Waals surface area contributed by atoms with Crippen molar-refractivity contribution in [2.45, 2.75) is 13.3 Å². The number of urea groups is 1. The Morgan fingerprint density at radius 2 is 1.85 bits per heavy atom. The molecular weight excluding hydrogens is 248 g/mol. The lowest BCUT2D eigenvalue weighted by Gasteiger charge is -2.18. The fourth-order valence-electron chi connectivity index (χ4n) is 2.07. The summed E-state index contributed by atoms with van der Waals surface area (Å²) in [7, 11) is 1.78. The van der Waals surface area contributed by atoms with Crippen molar-refractivity contribution in [2.24, 2.45) is 0 Å². The highest BCUT2D eigenvalue weighted by atomic mass is 16.2. The molecule has 2 aromatic rings. The van der Waals surface area contributed by atoms with E-state index >= 15 is 0 Å². The summed E-state index contributed by atoms with van der Waals surface area (Å²) in [6.45, 7) is 2.71. The Kier molecular flexibility index (Phi) is 4.77. The van der Waals surface area contributed by atoms with E-state index in [4.69, 9.17) is 0 Å². The number of hydrogen-bond acceptors (Lipinski definition) is 1. The second-order valence-electron chi connectivity index (χ2n) is 4.87. The maximum Gasteiger partial charge on any atom is 0.321 e. The fourth-order valence-corrected chi connectivity index (χ4v) is 2.07. The normalized spacial score (nSPS) is 10.1. The van der Waals surface area contributed by atoms with Crippen molar-refractivity contribution in [1.29, 1.82) is 0 Å². The van der Waals surface area contributed by atoms with Gasteiger partial charge < -0.3 is 5.32 Å². The summed E-state index contributed by atoms with van der Waals surface area (Å²) in [6.07, 6.45) is 0.843. The first kappa shape index (κ1) is 14.1. The van der Waals surface area contributed by atoms with Gasteiger partial charge in [0.15, 0.2) is 0 Å². The smallest absolute Gasteiger partial charge is 0.321 e. The Bertz CT molecular complexity index is 566. The summed E-state index contributed by atoms with van der Waals surface area (Å²) in [4.78, 5) is 13.6. The largest absolute Gasteiger partial charge is 0.337 e. The molecule has 0 aromatic heterocycles. The molecule has 0 aliphatic rings. The van der Waals surface area contributed by atoms with Gasteiger partial charge in [-0.05, 0) is 31.0 Å². The number of hydrogen-bond donors (Lipinski definition) is 1. The Labute approximate surface area is 120 Å². The number of aryl methyl sites for hydroxylation is 1. The molecule has 0 unspecified atom stereocenters. The fraction of sp³-hybridized carbons (Fsp3) is 0.235. The van der Waals surface area contributed by atoms with Gasteiger partial charge in [0.25, 0.3) is 0 Å². The minimum absolute atomic E-state index is 0.0798. The molecule has 0 radical (unpaired) electrons. The number of nitrogens with zero attached hydrogens (tertiary/aromatic N) is 1. The average molecular weight is 268 g/mol. The number of anilines is 1. The zero-order chi connectivity index (χ0) is 14.4. The van der Waals surface area contributed by atoms with E-state index < -0.39 is 0 Å². The van der Waals surface area contributed by atoms with E-state index in [1.807, 2.05) is 36.4 Å². The van der Waals surface area contributed by atoms with Crippen molar-refractivity contribution in [1.82, 2.24) is 5.32 Å². The van der Waals surface area contributed by atoms with Gasteiger partial charge >= 0.3 is 6.03 Å². The first-order chi connectivity index (χ1) is 9.66. The van der Waals surface area contributed by atoms with Crippen LogP contribution in [0.1, 0.15) is 11.1 Å². The second kappa shape index (κ2) is 6.75. The third kappa shape index (κ3) is 3.85. The van der Waals surface area contributed by atoms with Crippen molar-refractivity contribution < 1.29 is 4.79 Å². The SMILES string of the molecule is Cc1cccc(CCNC(=O)N(C)c2ccccc2)c1. The number of amides is 2. The molecule has 0 saturated carbocycles. The van der Waals surface area contributed by atoms with E-state index in [0.717, 1.165) is 12.1 Å². The van der Waals surface area contributed by atoms with Crippen molar-refractivity contribution in [2.75, 3.05) is 18.5 Å². The van der Waals surface area contributed by atoms with Crippen LogP contribution in [-0.2, 0) is 6.42 Å². The molecule has 0 spiro atoms. The van der Waals surface area contributed by atoms with Crippen molar-refractivity contribution >= 4 is 11.7 Å². The highest BCUT2D eigenvalue weighted by Crippen LogP contribution is 2.10. The second-order valence-corrected chi connectivity index (χ2v) is 4.87. The number of carbonyl (C=O) groups excluding carboxylic acids is 1. The van der Waals surface area contributed by atoms with Crippen molar-refractivity contribution in [3.8, 4) is 0 Å². The van der Waals surface area contributed by atoms with Gasteiger partial charge in [-0.15, -0.1) is 0 Å². The van der Waals surface area contributed by atoms with Crippen LogP contribution in [0.5, 0.6) is 0 Å². The molecule has 0 bridgehead atoms. The molecular formula is C17H20N2O. The molecule has 20 heavy (non-hydrogen) atoms. The maximum atomic E-state index is 12.0. The summed E-state index contributed by atoms with van der Waals surface area (Å²) >= 11 is 0. The molecule has 2 aromatic carbocycles. The lowest BCUT2D eigenvalue weighted by molar-refractivity contribution is 0.247. The first-order valence-electron chi connectivity index (χ1n) is 6.79. The van der Waals surface area contributed by atoms with Crippen LogP contribution >= 0.6 is 0 Å². The minimum Gasteiger partial charge on any atom is -0.337 e. The summed E-state index contributed by atoms with van der Waals surface area (Å²) in [5.74, 6) is 0. The van der Waals surface area contributed by atoms with Gasteiger partial charge in [-0.25, -0.2) is 4.79 Å². The predicted molar refractivity (Wildman–Crippen MR) is 83.1 cm³/mol.